The van der Waals surface area contributed by atoms with Gasteiger partial charge in [0.25, 0.3) is 0 Å². The summed E-state index contributed by atoms with van der Waals surface area (Å²) in [5, 5.41) is 0.522. The molecule has 0 aliphatic carbocycles. The summed E-state index contributed by atoms with van der Waals surface area (Å²) in [4.78, 5) is 24.8. The monoisotopic (exact) mass is 411 g/mol. The minimum absolute atomic E-state index is 0.200. The van der Waals surface area contributed by atoms with Gasteiger partial charge in [-0.1, -0.05) is 11.6 Å². The molecule has 3 aromatic rings. The molecule has 0 saturated heterocycles. The fourth-order valence-corrected chi connectivity index (χ4v) is 3.47. The quantitative estimate of drug-likeness (QED) is 0.456. The summed E-state index contributed by atoms with van der Waals surface area (Å²) in [6, 6.07) is 13.7. The van der Waals surface area contributed by atoms with Crippen molar-refractivity contribution < 1.29 is 23.8 Å². The number of hydrogen-bond acceptors (Lipinski definition) is 5. The number of benzene rings is 2. The van der Waals surface area contributed by atoms with E-state index < -0.39 is 5.97 Å². The van der Waals surface area contributed by atoms with Gasteiger partial charge in [-0.3, -0.25) is 4.79 Å². The van der Waals surface area contributed by atoms with E-state index >= 15 is 0 Å². The van der Waals surface area contributed by atoms with Gasteiger partial charge in [0.05, 0.1) is 5.56 Å². The van der Waals surface area contributed by atoms with Crippen molar-refractivity contribution in [2.75, 3.05) is 13.4 Å². The topological polar surface area (TPSA) is 66.8 Å². The van der Waals surface area contributed by atoms with E-state index in [0.717, 1.165) is 17.1 Å². The molecule has 4 rings (SSSR count). The Morgan fingerprint density at radius 3 is 2.52 bits per heavy atom. The van der Waals surface area contributed by atoms with Crippen molar-refractivity contribution in [1.82, 2.24) is 4.57 Å². The third kappa shape index (κ3) is 3.71. The molecule has 2 aromatic carbocycles. The summed E-state index contributed by atoms with van der Waals surface area (Å²) in [7, 11) is 0. The van der Waals surface area contributed by atoms with E-state index in [2.05, 4.69) is 0 Å². The van der Waals surface area contributed by atoms with E-state index in [9.17, 15) is 9.59 Å². The molecule has 0 bridgehead atoms. The molecule has 1 aliphatic rings. The molecule has 6 nitrogen and oxygen atoms in total. The van der Waals surface area contributed by atoms with Gasteiger partial charge in [-0.05, 0) is 56.3 Å². The third-order valence-corrected chi connectivity index (χ3v) is 5.01. The molecular weight excluding hydrogens is 394 g/mol. The van der Waals surface area contributed by atoms with Gasteiger partial charge in [-0.25, -0.2) is 4.79 Å². The molecule has 29 heavy (non-hydrogen) atoms. The van der Waals surface area contributed by atoms with Crippen LogP contribution >= 0.6 is 11.6 Å². The molecule has 0 fully saturated rings. The number of fused-ring (bicyclic) bond motifs is 1. The number of nitrogens with zero attached hydrogens (tertiary/aromatic N) is 1. The second-order valence-corrected chi connectivity index (χ2v) is 7.10. The normalized spacial score (nSPS) is 12.1. The van der Waals surface area contributed by atoms with Crippen molar-refractivity contribution in [3.63, 3.8) is 0 Å². The number of ether oxygens (including phenoxy) is 3. The number of hydrogen-bond donors (Lipinski definition) is 0. The Hall–Kier alpha value is -3.25. The van der Waals surface area contributed by atoms with Crippen LogP contribution < -0.4 is 9.47 Å². The van der Waals surface area contributed by atoms with Crippen molar-refractivity contribution in [3.05, 3.63) is 76.1 Å². The minimum Gasteiger partial charge on any atom is -0.454 e. The first-order valence-corrected chi connectivity index (χ1v) is 9.36. The van der Waals surface area contributed by atoms with Gasteiger partial charge in [0.2, 0.25) is 12.6 Å². The van der Waals surface area contributed by atoms with Crippen molar-refractivity contribution >= 4 is 23.4 Å². The number of aromatic nitrogens is 1. The predicted octanol–water partition coefficient (Wildman–Crippen LogP) is 4.52. The summed E-state index contributed by atoms with van der Waals surface area (Å²) >= 11 is 5.82. The smallest absolute Gasteiger partial charge is 0.338 e. The summed E-state index contributed by atoms with van der Waals surface area (Å²) < 4.78 is 17.9. The van der Waals surface area contributed by atoms with Gasteiger partial charge in [0.1, 0.15) is 0 Å². The Morgan fingerprint density at radius 2 is 1.76 bits per heavy atom. The lowest BCUT2D eigenvalue weighted by Gasteiger charge is -2.11. The molecule has 148 valence electrons. The number of ketones is 1. The van der Waals surface area contributed by atoms with Gasteiger partial charge in [-0.15, -0.1) is 0 Å². The number of esters is 1. The number of rotatable bonds is 5. The van der Waals surface area contributed by atoms with Gasteiger partial charge in [0.15, 0.2) is 18.1 Å². The van der Waals surface area contributed by atoms with Crippen LogP contribution in [0.2, 0.25) is 5.02 Å². The van der Waals surface area contributed by atoms with Crippen molar-refractivity contribution in [1.29, 1.82) is 0 Å². The summed E-state index contributed by atoms with van der Waals surface area (Å²) in [6.45, 7) is 3.62. The van der Waals surface area contributed by atoms with Crippen LogP contribution in [-0.2, 0) is 4.74 Å². The largest absolute Gasteiger partial charge is 0.454 e. The molecule has 0 atom stereocenters. The van der Waals surface area contributed by atoms with Gasteiger partial charge in [0, 0.05) is 33.7 Å². The van der Waals surface area contributed by atoms with Gasteiger partial charge >= 0.3 is 5.97 Å². The lowest BCUT2D eigenvalue weighted by Crippen LogP contribution is -2.15. The minimum atomic E-state index is -0.570. The van der Waals surface area contributed by atoms with Crippen LogP contribution in [0.15, 0.2) is 48.5 Å². The van der Waals surface area contributed by atoms with Crippen molar-refractivity contribution in [3.8, 4) is 17.2 Å². The first-order valence-electron chi connectivity index (χ1n) is 8.99. The fraction of sp³-hybridized carbons (Fsp3) is 0.182. The van der Waals surface area contributed by atoms with E-state index in [0.29, 0.717) is 27.6 Å². The van der Waals surface area contributed by atoms with Crippen molar-refractivity contribution in [2.45, 2.75) is 13.8 Å². The third-order valence-electron chi connectivity index (χ3n) is 4.76. The Kier molecular flexibility index (Phi) is 5.03. The second-order valence-electron chi connectivity index (χ2n) is 6.66. The molecule has 0 saturated carbocycles. The Balaban J connectivity index is 1.52. The molecule has 1 aliphatic heterocycles. The Bertz CT molecular complexity index is 1100. The van der Waals surface area contributed by atoms with E-state index in [1.165, 1.54) is 0 Å². The van der Waals surface area contributed by atoms with Gasteiger partial charge < -0.3 is 18.8 Å². The zero-order chi connectivity index (χ0) is 20.5. The maximum atomic E-state index is 12.7. The molecule has 0 spiro atoms. The molecule has 0 unspecified atom stereocenters. The highest BCUT2D eigenvalue weighted by Gasteiger charge is 2.20. The Labute approximate surface area is 172 Å². The molecule has 2 heterocycles. The summed E-state index contributed by atoms with van der Waals surface area (Å²) in [6.07, 6.45) is 0. The first-order chi connectivity index (χ1) is 13.9. The standard InChI is InChI=1S/C22H18ClNO5/c1-13-9-18(19(25)11-27-22(26)15-3-5-16(23)6-4-15)14(2)24(13)17-7-8-20-21(10-17)29-12-28-20/h3-10H,11-12H2,1-2H3. The zero-order valence-electron chi connectivity index (χ0n) is 15.9. The number of halogens is 1. The fourth-order valence-electron chi connectivity index (χ4n) is 3.34. The number of carbonyl (C=O) groups excluding carboxylic acids is 2. The number of aryl methyl sites for hydroxylation is 1. The molecule has 0 N–H and O–H groups in total. The molecule has 1 aromatic heterocycles. The average Bonchev–Trinajstić information content (AvgIpc) is 3.29. The molecule has 0 radical (unpaired) electrons. The summed E-state index contributed by atoms with van der Waals surface area (Å²) in [5.41, 5.74) is 3.35. The SMILES string of the molecule is Cc1cc(C(=O)COC(=O)c2ccc(Cl)cc2)c(C)n1-c1ccc2c(c1)OCO2. The van der Waals surface area contributed by atoms with E-state index in [4.69, 9.17) is 25.8 Å². The maximum absolute atomic E-state index is 12.7. The van der Waals surface area contributed by atoms with E-state index in [-0.39, 0.29) is 19.2 Å². The highest BCUT2D eigenvalue weighted by atomic mass is 35.5. The lowest BCUT2D eigenvalue weighted by atomic mass is 10.1. The van der Waals surface area contributed by atoms with Crippen LogP contribution in [0.5, 0.6) is 11.5 Å². The highest BCUT2D eigenvalue weighted by molar-refractivity contribution is 6.30. The number of carbonyl (C=O) groups is 2. The molecule has 7 heteroatoms. The van der Waals surface area contributed by atoms with Crippen LogP contribution in [0.1, 0.15) is 32.1 Å². The predicted molar refractivity (Wildman–Crippen MR) is 107 cm³/mol. The van der Waals surface area contributed by atoms with Crippen LogP contribution in [0, 0.1) is 13.8 Å². The second kappa shape index (κ2) is 7.64. The van der Waals surface area contributed by atoms with Crippen LogP contribution in [0.25, 0.3) is 5.69 Å². The molecular formula is C22H18ClNO5. The highest BCUT2D eigenvalue weighted by Crippen LogP contribution is 2.35. The zero-order valence-corrected chi connectivity index (χ0v) is 16.7. The average molecular weight is 412 g/mol. The molecule has 0 amide bonds. The van der Waals surface area contributed by atoms with Crippen molar-refractivity contribution in [2.24, 2.45) is 0 Å². The van der Waals surface area contributed by atoms with E-state index in [1.807, 2.05) is 36.6 Å². The Morgan fingerprint density at radius 1 is 1.03 bits per heavy atom. The maximum Gasteiger partial charge on any atom is 0.338 e. The van der Waals surface area contributed by atoms with Gasteiger partial charge in [-0.2, -0.15) is 0 Å². The summed E-state index contributed by atoms with van der Waals surface area (Å²) in [5.74, 6) is 0.522. The van der Waals surface area contributed by atoms with Crippen LogP contribution in [-0.4, -0.2) is 29.7 Å². The number of Topliss-reactive ketones (excluding diaryl/α,β-unsaturated/α-hetero) is 1. The van der Waals surface area contributed by atoms with E-state index in [1.54, 1.807) is 30.3 Å². The van der Waals surface area contributed by atoms with Crippen LogP contribution in [0.4, 0.5) is 0 Å². The lowest BCUT2D eigenvalue weighted by molar-refractivity contribution is 0.0474. The van der Waals surface area contributed by atoms with Crippen LogP contribution in [0.3, 0.4) is 0 Å². The first kappa shape index (κ1) is 19.1.